The molecule has 2 aliphatic rings. The fourth-order valence-corrected chi connectivity index (χ4v) is 4.36. The third-order valence-corrected chi connectivity index (χ3v) is 6.46. The molecule has 2 aliphatic carbocycles. The van der Waals surface area contributed by atoms with Gasteiger partial charge in [0.1, 0.15) is 11.5 Å². The third kappa shape index (κ3) is 10.8. The van der Waals surface area contributed by atoms with Gasteiger partial charge in [-0.15, -0.1) is 0 Å². The van der Waals surface area contributed by atoms with Crippen LogP contribution in [-0.4, -0.2) is 10.2 Å². The molecule has 5 heteroatoms. The normalized spacial score (nSPS) is 13.1. The van der Waals surface area contributed by atoms with E-state index in [1.807, 2.05) is 0 Å². The molecule has 0 atom stereocenters. The molecule has 2 N–H and O–H groups in total. The van der Waals surface area contributed by atoms with Crippen molar-refractivity contribution in [1.82, 2.24) is 0 Å². The summed E-state index contributed by atoms with van der Waals surface area (Å²) in [7, 11) is 0. The zero-order chi connectivity index (χ0) is 24.2. The van der Waals surface area contributed by atoms with Crippen molar-refractivity contribution in [3.63, 3.8) is 0 Å². The Kier molecular flexibility index (Phi) is 13.5. The molecule has 35 heavy (non-hydrogen) atoms. The van der Waals surface area contributed by atoms with Gasteiger partial charge in [0.2, 0.25) is 0 Å². The Labute approximate surface area is 238 Å². The fraction of sp³-hybridized carbons (Fsp3) is 0.267. The van der Waals surface area contributed by atoms with Gasteiger partial charge < -0.3 is 10.2 Å². The molecule has 4 aromatic rings. The van der Waals surface area contributed by atoms with E-state index < -0.39 is 0 Å². The van der Waals surface area contributed by atoms with E-state index in [0.717, 1.165) is 0 Å². The van der Waals surface area contributed by atoms with Crippen LogP contribution in [0.4, 0.5) is 0 Å². The SMILES string of the molecule is Oc1ccc(Cl)cc1.Oc1ccc(Cl)cc1.[Zr+2].c1cc2c([cH-]1)CCCC2.c1cc2c([cH-]1)CCCC2. The van der Waals surface area contributed by atoms with Gasteiger partial charge in [0.25, 0.3) is 0 Å². The molecule has 0 saturated heterocycles. The number of aryl methyl sites for hydroxylation is 4. The van der Waals surface area contributed by atoms with Crippen LogP contribution in [0, 0.1) is 0 Å². The minimum atomic E-state index is 0. The maximum atomic E-state index is 8.70. The van der Waals surface area contributed by atoms with Crippen LogP contribution in [0.25, 0.3) is 0 Å². The first-order valence-electron chi connectivity index (χ1n) is 11.9. The molecule has 182 valence electrons. The molecular weight excluding hydrogens is 554 g/mol. The quantitative estimate of drug-likeness (QED) is 0.203. The molecule has 4 aromatic carbocycles. The van der Waals surface area contributed by atoms with E-state index >= 15 is 0 Å². The molecule has 0 aromatic heterocycles. The number of phenolic OH excluding ortho intramolecular Hbond substituents is 2. The summed E-state index contributed by atoms with van der Waals surface area (Å²) in [6, 6.07) is 26.1. The van der Waals surface area contributed by atoms with Crippen molar-refractivity contribution in [2.24, 2.45) is 0 Å². The largest absolute Gasteiger partial charge is 2.00 e. The van der Waals surface area contributed by atoms with Crippen LogP contribution in [0.5, 0.6) is 11.5 Å². The Balaban J connectivity index is 0.000000163. The Hall–Kier alpha value is -1.80. The smallest absolute Gasteiger partial charge is 0.508 e. The van der Waals surface area contributed by atoms with Gasteiger partial charge in [-0.1, -0.05) is 74.6 Å². The number of halogens is 2. The Bertz CT molecular complexity index is 925. The number of benzene rings is 2. The van der Waals surface area contributed by atoms with Crippen LogP contribution in [0.2, 0.25) is 10.0 Å². The van der Waals surface area contributed by atoms with E-state index in [2.05, 4.69) is 36.4 Å². The second-order valence-corrected chi connectivity index (χ2v) is 9.39. The molecule has 0 fully saturated rings. The number of hydrogen-bond donors (Lipinski definition) is 2. The molecule has 0 saturated carbocycles. The maximum absolute atomic E-state index is 8.70. The Morgan fingerprint density at radius 3 is 1.17 bits per heavy atom. The molecule has 6 rings (SSSR count). The summed E-state index contributed by atoms with van der Waals surface area (Å²) in [5.74, 6) is 0.490. The van der Waals surface area contributed by atoms with Crippen LogP contribution in [-0.2, 0) is 51.9 Å². The van der Waals surface area contributed by atoms with Gasteiger partial charge in [0, 0.05) is 10.0 Å². The van der Waals surface area contributed by atoms with Gasteiger partial charge in [-0.2, -0.15) is 46.5 Å². The second-order valence-electron chi connectivity index (χ2n) is 8.52. The van der Waals surface area contributed by atoms with E-state index in [0.29, 0.717) is 10.0 Å². The summed E-state index contributed by atoms with van der Waals surface area (Å²) in [4.78, 5) is 0. The Morgan fingerprint density at radius 2 is 0.857 bits per heavy atom. The molecule has 0 heterocycles. The average Bonchev–Trinajstić information content (AvgIpc) is 3.54. The van der Waals surface area contributed by atoms with Crippen molar-refractivity contribution in [2.45, 2.75) is 51.4 Å². The summed E-state index contributed by atoms with van der Waals surface area (Å²) in [6.07, 6.45) is 10.9. The molecule has 0 aliphatic heterocycles. The van der Waals surface area contributed by atoms with Crippen molar-refractivity contribution >= 4 is 23.2 Å². The van der Waals surface area contributed by atoms with E-state index in [1.54, 1.807) is 70.8 Å². The summed E-state index contributed by atoms with van der Waals surface area (Å²) < 4.78 is 0. The standard InChI is InChI=1S/2C9H11.2C6H5ClO.Zr/c2*1-2-5-9-7-3-6-8(9)4-1;2*7-5-1-3-6(8)4-2-5;/h2*3,6-7H,1-2,4-5H2;2*1-4,8H;/q2*-1;;;+2. The van der Waals surface area contributed by atoms with Gasteiger partial charge in [0.15, 0.2) is 0 Å². The van der Waals surface area contributed by atoms with Crippen molar-refractivity contribution in [1.29, 1.82) is 0 Å². The van der Waals surface area contributed by atoms with Gasteiger partial charge in [0.05, 0.1) is 0 Å². The number of hydrogen-bond acceptors (Lipinski definition) is 2. The number of aromatic hydroxyl groups is 2. The molecule has 0 spiro atoms. The minimum Gasteiger partial charge on any atom is -0.508 e. The number of phenols is 2. The van der Waals surface area contributed by atoms with Gasteiger partial charge in [-0.25, -0.2) is 12.1 Å². The van der Waals surface area contributed by atoms with Gasteiger partial charge in [-0.05, 0) is 48.5 Å². The van der Waals surface area contributed by atoms with Gasteiger partial charge in [-0.3, -0.25) is 0 Å². The van der Waals surface area contributed by atoms with Crippen molar-refractivity contribution in [2.75, 3.05) is 0 Å². The van der Waals surface area contributed by atoms with E-state index in [4.69, 9.17) is 33.4 Å². The van der Waals surface area contributed by atoms with Crippen LogP contribution in [0.15, 0.2) is 84.9 Å². The second kappa shape index (κ2) is 16.0. The van der Waals surface area contributed by atoms with E-state index in [9.17, 15) is 0 Å². The molecule has 0 unspecified atom stereocenters. The molecule has 0 radical (unpaired) electrons. The van der Waals surface area contributed by atoms with Crippen molar-refractivity contribution in [3.8, 4) is 11.5 Å². The van der Waals surface area contributed by atoms with E-state index in [1.165, 1.54) is 51.4 Å². The third-order valence-electron chi connectivity index (χ3n) is 5.95. The first-order chi connectivity index (χ1) is 16.5. The summed E-state index contributed by atoms with van der Waals surface area (Å²) in [6.45, 7) is 0. The maximum Gasteiger partial charge on any atom is 2.00 e. The first kappa shape index (κ1) is 29.4. The minimum absolute atomic E-state index is 0. The van der Waals surface area contributed by atoms with Crippen molar-refractivity contribution in [3.05, 3.63) is 117 Å². The zero-order valence-electron chi connectivity index (χ0n) is 19.9. The molecule has 0 bridgehead atoms. The average molecular weight is 587 g/mol. The monoisotopic (exact) mass is 584 g/mol. The Morgan fingerprint density at radius 1 is 0.514 bits per heavy atom. The summed E-state index contributed by atoms with van der Waals surface area (Å²) in [5.41, 5.74) is 6.39. The fourth-order valence-electron chi connectivity index (χ4n) is 4.11. The van der Waals surface area contributed by atoms with Crippen molar-refractivity contribution < 1.29 is 36.4 Å². The first-order valence-corrected chi connectivity index (χ1v) is 12.6. The molecule has 2 nitrogen and oxygen atoms in total. The van der Waals surface area contributed by atoms with E-state index in [-0.39, 0.29) is 37.7 Å². The number of fused-ring (bicyclic) bond motifs is 2. The topological polar surface area (TPSA) is 40.5 Å². The van der Waals surface area contributed by atoms with Crippen LogP contribution in [0.1, 0.15) is 47.9 Å². The summed E-state index contributed by atoms with van der Waals surface area (Å²) >= 11 is 11.0. The zero-order valence-corrected chi connectivity index (χ0v) is 23.9. The number of rotatable bonds is 0. The predicted octanol–water partition coefficient (Wildman–Crippen LogP) is 8.66. The molecular formula is C30H32Cl2O2Zr. The summed E-state index contributed by atoms with van der Waals surface area (Å²) in [5, 5.41) is 18.7. The molecule has 0 amide bonds. The van der Waals surface area contributed by atoms with Crippen LogP contribution >= 0.6 is 23.2 Å². The van der Waals surface area contributed by atoms with Gasteiger partial charge >= 0.3 is 26.2 Å². The van der Waals surface area contributed by atoms with Crippen LogP contribution < -0.4 is 0 Å². The predicted molar refractivity (Wildman–Crippen MR) is 144 cm³/mol. The van der Waals surface area contributed by atoms with Crippen LogP contribution in [0.3, 0.4) is 0 Å².